The molecule has 104 valence electrons. The molecule has 1 aromatic rings. The maximum Gasteiger partial charge on any atom is 0.172 e. The van der Waals surface area contributed by atoms with Crippen LogP contribution in [0.2, 0.25) is 0 Å². The zero-order chi connectivity index (χ0) is 13.2. The van der Waals surface area contributed by atoms with Gasteiger partial charge in [0.1, 0.15) is 0 Å². The summed E-state index contributed by atoms with van der Waals surface area (Å²) in [4.78, 5) is 0. The molecule has 0 aliphatic rings. The van der Waals surface area contributed by atoms with Crippen molar-refractivity contribution in [3.63, 3.8) is 0 Å². The summed E-state index contributed by atoms with van der Waals surface area (Å²) in [7, 11) is 0. The average molecular weight is 339 g/mol. The lowest BCUT2D eigenvalue weighted by atomic mass is 9.83. The predicted molar refractivity (Wildman–Crippen MR) is 80.6 cm³/mol. The second-order valence-corrected chi connectivity index (χ2v) is 5.98. The molecule has 5 heteroatoms. The summed E-state index contributed by atoms with van der Waals surface area (Å²) in [6, 6.07) is 3.53. The van der Waals surface area contributed by atoms with Gasteiger partial charge >= 0.3 is 0 Å². The van der Waals surface area contributed by atoms with Gasteiger partial charge in [-0.1, -0.05) is 20.8 Å². The lowest BCUT2D eigenvalue weighted by Crippen LogP contribution is -2.26. The number of phenolic OH excluding ortho intramolecular Hbond substituents is 1. The molecule has 0 spiro atoms. The van der Waals surface area contributed by atoms with Crippen LogP contribution in [-0.2, 0) is 0 Å². The summed E-state index contributed by atoms with van der Waals surface area (Å²) in [6.07, 6.45) is 0. The first-order valence-corrected chi connectivity index (χ1v) is 6.47. The second kappa shape index (κ2) is 6.64. The van der Waals surface area contributed by atoms with Crippen LogP contribution in [0.15, 0.2) is 16.6 Å². The monoisotopic (exact) mass is 337 g/mol. The second-order valence-electron chi connectivity index (χ2n) is 5.13. The number of hydrogen-bond acceptors (Lipinski definition) is 3. The van der Waals surface area contributed by atoms with E-state index in [0.29, 0.717) is 16.8 Å². The van der Waals surface area contributed by atoms with Gasteiger partial charge in [-0.2, -0.15) is 0 Å². The smallest absolute Gasteiger partial charge is 0.172 e. The van der Waals surface area contributed by atoms with Crippen molar-refractivity contribution in [3.05, 3.63) is 22.2 Å². The molecule has 18 heavy (non-hydrogen) atoms. The van der Waals surface area contributed by atoms with Crippen LogP contribution in [0.3, 0.4) is 0 Å². The molecule has 3 N–H and O–H groups in total. The lowest BCUT2D eigenvalue weighted by molar-refractivity contribution is 0.309. The van der Waals surface area contributed by atoms with Crippen LogP contribution in [-0.4, -0.2) is 11.7 Å². The Bertz CT molecular complexity index is 405. The Balaban J connectivity index is 0.00000289. The standard InChI is InChI=1S/C13H20BrNO2.ClH/c1-5-17-10-7-8(6-9(14)11(10)16)12(15)13(2,3)4;/h6-7,12,16H,5,15H2,1-4H3;1H/t12-;/m1./s1. The van der Waals surface area contributed by atoms with E-state index in [4.69, 9.17) is 10.5 Å². The molecule has 0 radical (unpaired) electrons. The van der Waals surface area contributed by atoms with Crippen molar-refractivity contribution >= 4 is 28.3 Å². The Kier molecular flexibility index (Phi) is 6.47. The molecule has 0 aromatic heterocycles. The normalized spacial score (nSPS) is 12.8. The summed E-state index contributed by atoms with van der Waals surface area (Å²) in [5.74, 6) is 0.591. The molecule has 0 unspecified atom stereocenters. The molecule has 1 atom stereocenters. The van der Waals surface area contributed by atoms with E-state index in [1.165, 1.54) is 0 Å². The SMILES string of the molecule is CCOc1cc([C@@H](N)C(C)(C)C)cc(Br)c1O.Cl. The average Bonchev–Trinajstić information content (AvgIpc) is 2.22. The first-order chi connectivity index (χ1) is 7.77. The molecule has 0 aliphatic heterocycles. The molecule has 0 aliphatic carbocycles. The van der Waals surface area contributed by atoms with Crippen LogP contribution in [0.4, 0.5) is 0 Å². The van der Waals surface area contributed by atoms with Gasteiger partial charge in [0.05, 0.1) is 11.1 Å². The van der Waals surface area contributed by atoms with Gasteiger partial charge in [-0.05, 0) is 46.0 Å². The van der Waals surface area contributed by atoms with E-state index >= 15 is 0 Å². The van der Waals surface area contributed by atoms with E-state index < -0.39 is 0 Å². The van der Waals surface area contributed by atoms with E-state index in [9.17, 15) is 5.11 Å². The van der Waals surface area contributed by atoms with E-state index in [2.05, 4.69) is 36.7 Å². The molecule has 1 rings (SSSR count). The lowest BCUT2D eigenvalue weighted by Gasteiger charge is -2.28. The van der Waals surface area contributed by atoms with Crippen LogP contribution in [0, 0.1) is 5.41 Å². The number of ether oxygens (including phenoxy) is 1. The van der Waals surface area contributed by atoms with Crippen molar-refractivity contribution in [1.82, 2.24) is 0 Å². The highest BCUT2D eigenvalue weighted by atomic mass is 79.9. The van der Waals surface area contributed by atoms with Crippen molar-refractivity contribution < 1.29 is 9.84 Å². The molecule has 0 saturated carbocycles. The molecule has 0 heterocycles. The number of halogens is 2. The van der Waals surface area contributed by atoms with Gasteiger partial charge < -0.3 is 15.6 Å². The van der Waals surface area contributed by atoms with Crippen molar-refractivity contribution in [3.8, 4) is 11.5 Å². The highest BCUT2D eigenvalue weighted by Gasteiger charge is 2.24. The number of hydrogen-bond donors (Lipinski definition) is 2. The maximum atomic E-state index is 9.83. The van der Waals surface area contributed by atoms with E-state index in [0.717, 1.165) is 5.56 Å². The van der Waals surface area contributed by atoms with Crippen LogP contribution in [0.5, 0.6) is 11.5 Å². The molecule has 0 fully saturated rings. The quantitative estimate of drug-likeness (QED) is 0.875. The molecule has 0 amide bonds. The van der Waals surface area contributed by atoms with Crippen LogP contribution in [0.25, 0.3) is 0 Å². The minimum absolute atomic E-state index is 0. The number of benzene rings is 1. The molecule has 3 nitrogen and oxygen atoms in total. The molecule has 0 saturated heterocycles. The number of rotatable bonds is 3. The molecular formula is C13H21BrClNO2. The minimum Gasteiger partial charge on any atom is -0.503 e. The van der Waals surface area contributed by atoms with Crippen molar-refractivity contribution in [2.75, 3.05) is 6.61 Å². The summed E-state index contributed by atoms with van der Waals surface area (Å²) >= 11 is 3.32. The molecule has 0 bridgehead atoms. The molecular weight excluding hydrogens is 318 g/mol. The Hall–Kier alpha value is -0.450. The van der Waals surface area contributed by atoms with Crippen molar-refractivity contribution in [2.45, 2.75) is 33.7 Å². The van der Waals surface area contributed by atoms with Gasteiger partial charge in [0.15, 0.2) is 11.5 Å². The summed E-state index contributed by atoms with van der Waals surface area (Å²) in [5, 5.41) is 9.83. The van der Waals surface area contributed by atoms with Gasteiger partial charge in [0.2, 0.25) is 0 Å². The first-order valence-electron chi connectivity index (χ1n) is 5.68. The largest absolute Gasteiger partial charge is 0.503 e. The van der Waals surface area contributed by atoms with E-state index in [1.807, 2.05) is 13.0 Å². The highest BCUT2D eigenvalue weighted by molar-refractivity contribution is 9.10. The third kappa shape index (κ3) is 4.04. The zero-order valence-corrected chi connectivity index (χ0v) is 13.6. The highest BCUT2D eigenvalue weighted by Crippen LogP contribution is 2.40. The van der Waals surface area contributed by atoms with Crippen LogP contribution < -0.4 is 10.5 Å². The summed E-state index contributed by atoms with van der Waals surface area (Å²) in [5.41, 5.74) is 7.11. The Morgan fingerprint density at radius 3 is 2.39 bits per heavy atom. The van der Waals surface area contributed by atoms with Crippen molar-refractivity contribution in [1.29, 1.82) is 0 Å². The fraction of sp³-hybridized carbons (Fsp3) is 0.538. The van der Waals surface area contributed by atoms with Crippen molar-refractivity contribution in [2.24, 2.45) is 11.1 Å². The van der Waals surface area contributed by atoms with Gasteiger partial charge in [-0.25, -0.2) is 0 Å². The first kappa shape index (κ1) is 17.6. The van der Waals surface area contributed by atoms with Gasteiger partial charge in [-0.3, -0.25) is 0 Å². The molecule has 1 aromatic carbocycles. The van der Waals surface area contributed by atoms with Gasteiger partial charge in [0, 0.05) is 6.04 Å². The fourth-order valence-corrected chi connectivity index (χ4v) is 2.00. The number of phenols is 1. The Labute approximate surface area is 123 Å². The minimum atomic E-state index is -0.112. The predicted octanol–water partition coefficient (Wildman–Crippen LogP) is 4.02. The van der Waals surface area contributed by atoms with E-state index in [1.54, 1.807) is 6.07 Å². The third-order valence-electron chi connectivity index (χ3n) is 2.64. The summed E-state index contributed by atoms with van der Waals surface area (Å²) < 4.78 is 5.99. The fourth-order valence-electron chi connectivity index (χ4n) is 1.54. The van der Waals surface area contributed by atoms with Crippen LogP contribution >= 0.6 is 28.3 Å². The maximum absolute atomic E-state index is 9.83. The summed E-state index contributed by atoms with van der Waals surface area (Å²) in [6.45, 7) is 8.63. The third-order valence-corrected chi connectivity index (χ3v) is 3.25. The van der Waals surface area contributed by atoms with E-state index in [-0.39, 0.29) is 29.6 Å². The van der Waals surface area contributed by atoms with Gasteiger partial charge in [-0.15, -0.1) is 12.4 Å². The van der Waals surface area contributed by atoms with Gasteiger partial charge in [0.25, 0.3) is 0 Å². The number of aromatic hydroxyl groups is 1. The number of nitrogens with two attached hydrogens (primary N) is 1. The topological polar surface area (TPSA) is 55.5 Å². The Morgan fingerprint density at radius 1 is 1.39 bits per heavy atom. The van der Waals surface area contributed by atoms with Crippen LogP contribution in [0.1, 0.15) is 39.3 Å². The Morgan fingerprint density at radius 2 is 1.94 bits per heavy atom. The zero-order valence-electron chi connectivity index (χ0n) is 11.2.